The van der Waals surface area contributed by atoms with E-state index in [-0.39, 0.29) is 28.2 Å². The number of nitro benzene ring substituents is 1. The zero-order chi connectivity index (χ0) is 29.8. The Kier molecular flexibility index (Phi) is 26.8. The first-order valence-electron chi connectivity index (χ1n) is 14.3. The van der Waals surface area contributed by atoms with E-state index in [1.165, 1.54) is 69.8 Å². The molecule has 0 aromatic heterocycles. The molecule has 240 valence electrons. The molecule has 2 fully saturated rings. The normalized spacial score (nSPS) is 15.0. The van der Waals surface area contributed by atoms with Gasteiger partial charge < -0.3 is 21.8 Å². The third-order valence-electron chi connectivity index (χ3n) is 7.39. The van der Waals surface area contributed by atoms with E-state index in [0.29, 0.717) is 6.04 Å². The van der Waals surface area contributed by atoms with Crippen LogP contribution in [-0.2, 0) is 13.1 Å². The van der Waals surface area contributed by atoms with Gasteiger partial charge in [0, 0.05) is 49.6 Å². The molecule has 0 saturated heterocycles. The maximum absolute atomic E-state index is 10.6. The third-order valence-corrected chi connectivity index (χ3v) is 7.39. The van der Waals surface area contributed by atoms with Crippen LogP contribution in [0.5, 0.6) is 0 Å². The van der Waals surface area contributed by atoms with E-state index in [1.807, 2.05) is 24.3 Å². The van der Waals surface area contributed by atoms with Gasteiger partial charge in [0.15, 0.2) is 0 Å². The molecule has 2 aromatic carbocycles. The molecule has 2 aliphatic rings. The summed E-state index contributed by atoms with van der Waals surface area (Å²) < 4.78 is 0. The molecule has 7 N–H and O–H groups in total. The number of anilines is 1. The van der Waals surface area contributed by atoms with Crippen LogP contribution in [0.2, 0.25) is 0 Å². The fourth-order valence-electron chi connectivity index (χ4n) is 5.22. The van der Waals surface area contributed by atoms with Crippen molar-refractivity contribution in [2.45, 2.75) is 96.3 Å². The molecule has 0 aliphatic heterocycles. The fourth-order valence-corrected chi connectivity index (χ4v) is 5.22. The Balaban J connectivity index is 0. The average molecular weight is 738 g/mol. The Labute approximate surface area is 270 Å². The van der Waals surface area contributed by atoms with Crippen molar-refractivity contribution in [3.8, 4) is 0 Å². The molecule has 0 unspecified atom stereocenters. The Morgan fingerprint density at radius 2 is 1.12 bits per heavy atom. The summed E-state index contributed by atoms with van der Waals surface area (Å²) in [6.45, 7) is 3.85. The van der Waals surface area contributed by atoms with Crippen molar-refractivity contribution in [2.75, 3.05) is 26.4 Å². The van der Waals surface area contributed by atoms with E-state index in [9.17, 15) is 10.1 Å². The van der Waals surface area contributed by atoms with Gasteiger partial charge >= 0.3 is 36.7 Å². The van der Waals surface area contributed by atoms with Gasteiger partial charge in [-0.15, -0.1) is 0 Å². The maximum atomic E-state index is 10.6. The number of nitrogens with two attached hydrogens (primary N) is 1. The standard InChI is InChI=1S/C14H20N2O2.C14H22N2.C2H6O.2ClH.2H2O.Sn/c1-15(13-5-3-2-4-6-13)11-12-7-9-14(10-8-12)16(17)18;1-16(14-5-3-2-4-6-14)11-12-7-9-13(15)10-8-12;1-2-3;;;;;/h7-10,13H,2-6,11H2,1H3;7-10,14H,2-6,11,15H2,1H3;3H,2H2,1H3;2*1H;2*1H2;/q;;;;;;;+2/p-2. The fraction of sp³-hybridized carbons (Fsp3) is 0.600. The number of nitrogens with zero attached hydrogens (tertiary/aromatic N) is 3. The number of hydrogen-bond donors (Lipinski definition) is 2. The summed E-state index contributed by atoms with van der Waals surface area (Å²) in [5.41, 5.74) is 9.21. The number of non-ortho nitro benzene ring substituents is 1. The van der Waals surface area contributed by atoms with Crippen molar-refractivity contribution < 1.29 is 21.0 Å². The van der Waals surface area contributed by atoms with Gasteiger partial charge in [0.25, 0.3) is 5.69 Å². The third kappa shape index (κ3) is 18.5. The van der Waals surface area contributed by atoms with E-state index in [0.717, 1.165) is 30.4 Å². The number of benzene rings is 2. The van der Waals surface area contributed by atoms with Gasteiger partial charge in [0.1, 0.15) is 0 Å². The van der Waals surface area contributed by atoms with Gasteiger partial charge in [0.2, 0.25) is 0 Å². The molecular formula is C30H52Cl2N4O5Sn. The van der Waals surface area contributed by atoms with Crippen molar-refractivity contribution >= 4 is 48.1 Å². The quantitative estimate of drug-likeness (QED) is 0.160. The predicted octanol–water partition coefficient (Wildman–Crippen LogP) is 5.74. The number of aliphatic hydroxyl groups is 1. The van der Waals surface area contributed by atoms with Crippen molar-refractivity contribution in [2.24, 2.45) is 0 Å². The molecule has 2 aliphatic carbocycles. The van der Waals surface area contributed by atoms with Crippen LogP contribution >= 0.6 is 17.8 Å². The Bertz CT molecular complexity index is 915. The SMILES string of the molecule is CCO.CN(Cc1ccc(N)cc1)C1CCCCC1.CN(Cc1ccc([N+](=O)[O-])cc1)C1CCCCC1.O.O.[Cl][Sn][Cl]. The molecule has 4 rings (SSSR count). The van der Waals surface area contributed by atoms with Crippen LogP contribution in [0.1, 0.15) is 82.3 Å². The van der Waals surface area contributed by atoms with Crippen molar-refractivity contribution in [3.63, 3.8) is 0 Å². The first-order valence-corrected chi connectivity index (χ1v) is 21.5. The second-order valence-corrected chi connectivity index (χ2v) is 14.7. The minimum absolute atomic E-state index is 0. The Hall–Kier alpha value is -1.18. The Morgan fingerprint density at radius 3 is 1.43 bits per heavy atom. The monoisotopic (exact) mass is 738 g/mol. The summed E-state index contributed by atoms with van der Waals surface area (Å²) in [6, 6.07) is 16.6. The topological polar surface area (TPSA) is 159 Å². The second-order valence-electron chi connectivity index (χ2n) is 10.5. The van der Waals surface area contributed by atoms with Gasteiger partial charge in [-0.05, 0) is 70.0 Å². The molecule has 0 heterocycles. The van der Waals surface area contributed by atoms with E-state index in [1.54, 1.807) is 19.1 Å². The van der Waals surface area contributed by atoms with Gasteiger partial charge in [0.05, 0.1) is 4.92 Å². The van der Waals surface area contributed by atoms with Gasteiger partial charge in [-0.3, -0.25) is 19.9 Å². The molecule has 0 bridgehead atoms. The summed E-state index contributed by atoms with van der Waals surface area (Å²) in [7, 11) is 14.3. The number of aliphatic hydroxyl groups excluding tert-OH is 1. The number of nitro groups is 1. The molecule has 2 saturated carbocycles. The molecule has 0 atom stereocenters. The van der Waals surface area contributed by atoms with Crippen LogP contribution in [0.15, 0.2) is 48.5 Å². The van der Waals surface area contributed by atoms with Crippen LogP contribution in [0.3, 0.4) is 0 Å². The van der Waals surface area contributed by atoms with Crippen molar-refractivity contribution in [1.82, 2.24) is 9.80 Å². The van der Waals surface area contributed by atoms with Gasteiger partial charge in [-0.25, -0.2) is 0 Å². The summed E-state index contributed by atoms with van der Waals surface area (Å²) in [4.78, 5) is 15.1. The predicted molar refractivity (Wildman–Crippen MR) is 178 cm³/mol. The number of rotatable bonds is 7. The zero-order valence-electron chi connectivity index (χ0n) is 25.4. The summed E-state index contributed by atoms with van der Waals surface area (Å²) >= 11 is -0.826. The molecule has 0 spiro atoms. The van der Waals surface area contributed by atoms with E-state index < -0.39 is 18.9 Å². The van der Waals surface area contributed by atoms with E-state index in [4.69, 9.17) is 28.7 Å². The molecule has 42 heavy (non-hydrogen) atoms. The number of hydrogen-bond acceptors (Lipinski definition) is 6. The number of nitrogen functional groups attached to an aromatic ring is 1. The summed E-state index contributed by atoms with van der Waals surface area (Å²) in [6.07, 6.45) is 13.5. The first-order chi connectivity index (χ1) is 19.2. The average Bonchev–Trinajstić information content (AvgIpc) is 2.97. The van der Waals surface area contributed by atoms with E-state index in [2.05, 4.69) is 36.0 Å². The molecule has 0 amide bonds. The first kappa shape index (κ1) is 42.9. The van der Waals surface area contributed by atoms with Crippen LogP contribution < -0.4 is 5.73 Å². The van der Waals surface area contributed by atoms with Crippen LogP contribution in [0.25, 0.3) is 0 Å². The van der Waals surface area contributed by atoms with Crippen molar-refractivity contribution in [3.05, 3.63) is 69.8 Å². The van der Waals surface area contributed by atoms with Crippen LogP contribution in [0, 0.1) is 10.1 Å². The molecular weight excluding hydrogens is 686 g/mol. The molecule has 9 nitrogen and oxygen atoms in total. The molecule has 2 aromatic rings. The Morgan fingerprint density at radius 1 is 0.810 bits per heavy atom. The van der Waals surface area contributed by atoms with Gasteiger partial charge in [-0.2, -0.15) is 0 Å². The summed E-state index contributed by atoms with van der Waals surface area (Å²) in [5, 5.41) is 18.1. The second kappa shape index (κ2) is 26.2. The van der Waals surface area contributed by atoms with Crippen molar-refractivity contribution in [1.29, 1.82) is 0 Å². The molecule has 2 radical (unpaired) electrons. The number of halogens is 2. The summed E-state index contributed by atoms with van der Waals surface area (Å²) in [5.74, 6) is 0. The minimum atomic E-state index is -0.826. The van der Waals surface area contributed by atoms with Crippen LogP contribution in [0.4, 0.5) is 11.4 Å². The van der Waals surface area contributed by atoms with E-state index >= 15 is 0 Å². The van der Waals surface area contributed by atoms with Crippen LogP contribution in [-0.4, -0.2) is 82.5 Å². The zero-order valence-corrected chi connectivity index (χ0v) is 29.8. The van der Waals surface area contributed by atoms with Gasteiger partial charge in [-0.1, -0.05) is 62.8 Å². The molecule has 12 heteroatoms.